The number of benzene rings is 3. The first-order valence-electron chi connectivity index (χ1n) is 11.9. The number of imide groups is 1. The Labute approximate surface area is 218 Å². The van der Waals surface area contributed by atoms with Crippen LogP contribution in [0.2, 0.25) is 0 Å². The Bertz CT molecular complexity index is 1510. The zero-order chi connectivity index (χ0) is 26.8. The van der Waals surface area contributed by atoms with Gasteiger partial charge in [0.2, 0.25) is 11.8 Å². The molecular weight excluding hydrogens is 486 g/mol. The Kier molecular flexibility index (Phi) is 6.66. The predicted molar refractivity (Wildman–Crippen MR) is 141 cm³/mol. The van der Waals surface area contributed by atoms with Crippen molar-refractivity contribution in [2.75, 3.05) is 25.7 Å². The van der Waals surface area contributed by atoms with E-state index in [1.807, 2.05) is 24.3 Å². The number of hydrogen-bond donors (Lipinski definition) is 0. The fourth-order valence-corrected chi connectivity index (χ4v) is 4.51. The summed E-state index contributed by atoms with van der Waals surface area (Å²) in [6, 6.07) is 18.0. The lowest BCUT2D eigenvalue weighted by Crippen LogP contribution is -2.45. The molecule has 0 bridgehead atoms. The molecule has 1 unspecified atom stereocenters. The van der Waals surface area contributed by atoms with E-state index in [-0.39, 0.29) is 13.0 Å². The van der Waals surface area contributed by atoms with Gasteiger partial charge in [0.15, 0.2) is 17.1 Å². The third kappa shape index (κ3) is 4.39. The van der Waals surface area contributed by atoms with Crippen LogP contribution in [-0.2, 0) is 9.59 Å². The minimum atomic E-state index is -0.974. The molecule has 9 nitrogen and oxygen atoms in total. The Balaban J connectivity index is 1.39. The molecule has 5 rings (SSSR count). The van der Waals surface area contributed by atoms with Crippen LogP contribution in [0.4, 0.5) is 5.69 Å². The summed E-state index contributed by atoms with van der Waals surface area (Å²) in [5, 5.41) is 0. The van der Waals surface area contributed by atoms with Crippen molar-refractivity contribution in [1.82, 2.24) is 9.88 Å². The van der Waals surface area contributed by atoms with Crippen LogP contribution < -0.4 is 14.4 Å². The maximum Gasteiger partial charge on any atom is 0.257 e. The molecule has 1 atom stereocenters. The number of methoxy groups -OCH3 is 2. The van der Waals surface area contributed by atoms with E-state index in [4.69, 9.17) is 13.9 Å². The maximum absolute atomic E-state index is 13.5. The van der Waals surface area contributed by atoms with Gasteiger partial charge >= 0.3 is 0 Å². The summed E-state index contributed by atoms with van der Waals surface area (Å²) < 4.78 is 16.4. The molecule has 2 heterocycles. The number of ether oxygens (including phenoxy) is 2. The van der Waals surface area contributed by atoms with Gasteiger partial charge in [-0.2, -0.15) is 0 Å². The van der Waals surface area contributed by atoms with E-state index in [1.165, 1.54) is 25.2 Å². The average molecular weight is 512 g/mol. The third-order valence-corrected chi connectivity index (χ3v) is 6.38. The lowest BCUT2D eigenvalue weighted by atomic mass is 10.1. The summed E-state index contributed by atoms with van der Waals surface area (Å²) in [6.07, 6.45) is 1.38. The maximum atomic E-state index is 13.5. The molecule has 9 heteroatoms. The van der Waals surface area contributed by atoms with Crippen LogP contribution in [0.25, 0.3) is 22.6 Å². The van der Waals surface area contributed by atoms with Crippen LogP contribution in [0.5, 0.6) is 11.5 Å². The zero-order valence-corrected chi connectivity index (χ0v) is 20.9. The quantitative estimate of drug-likeness (QED) is 0.254. The van der Waals surface area contributed by atoms with Gasteiger partial charge in [-0.3, -0.25) is 14.4 Å². The fourth-order valence-electron chi connectivity index (χ4n) is 4.51. The summed E-state index contributed by atoms with van der Waals surface area (Å²) in [7, 11) is 2.97. The van der Waals surface area contributed by atoms with Crippen LogP contribution in [0, 0.1) is 0 Å². The number of hydrogen-bond acceptors (Lipinski definition) is 7. The van der Waals surface area contributed by atoms with Gasteiger partial charge in [0.1, 0.15) is 11.6 Å². The molecule has 3 amide bonds. The molecule has 1 fully saturated rings. The number of carbonyl (C=O) groups is 3. The number of amides is 3. The number of carbonyl (C=O) groups excluding carboxylic acids is 3. The van der Waals surface area contributed by atoms with E-state index in [0.717, 1.165) is 10.4 Å². The largest absolute Gasteiger partial charge is 0.493 e. The van der Waals surface area contributed by atoms with Crippen LogP contribution in [0.3, 0.4) is 0 Å². The molecule has 0 radical (unpaired) electrons. The predicted octanol–water partition coefficient (Wildman–Crippen LogP) is 4.47. The Morgan fingerprint density at radius 1 is 1.08 bits per heavy atom. The number of aromatic nitrogens is 1. The number of anilines is 1. The standard InChI is InChI=1S/C29H25N3O6/c1-4-15-31(28(34)19-11-14-24(36-2)25(16-19)37-3)22-17-26(33)32(29(22)35)20-12-9-18(10-13-20)27-30-21-7-5-6-8-23(21)38-27/h4-14,16,22H,1,15,17H2,2-3H3. The molecule has 192 valence electrons. The van der Waals surface area contributed by atoms with Crippen molar-refractivity contribution >= 4 is 34.5 Å². The van der Waals surface area contributed by atoms with Crippen molar-refractivity contribution < 1.29 is 28.3 Å². The number of nitrogens with zero attached hydrogens (tertiary/aromatic N) is 3. The van der Waals surface area contributed by atoms with Gasteiger partial charge in [0.25, 0.3) is 11.8 Å². The van der Waals surface area contributed by atoms with Crippen LogP contribution in [0.15, 0.2) is 83.8 Å². The van der Waals surface area contributed by atoms with Crippen molar-refractivity contribution in [1.29, 1.82) is 0 Å². The first kappa shape index (κ1) is 24.8. The molecular formula is C29H25N3O6. The van der Waals surface area contributed by atoms with Gasteiger partial charge in [0, 0.05) is 17.7 Å². The SMILES string of the molecule is C=CCN(C(=O)c1ccc(OC)c(OC)c1)C1CC(=O)N(c2ccc(-c3nc4ccccc4o3)cc2)C1=O. The van der Waals surface area contributed by atoms with E-state index in [1.54, 1.807) is 42.5 Å². The van der Waals surface area contributed by atoms with Crippen molar-refractivity contribution in [3.8, 4) is 23.0 Å². The van der Waals surface area contributed by atoms with E-state index in [9.17, 15) is 14.4 Å². The molecule has 0 aliphatic carbocycles. The number of rotatable bonds is 8. The summed E-state index contributed by atoms with van der Waals surface area (Å²) >= 11 is 0. The van der Waals surface area contributed by atoms with Crippen LogP contribution >= 0.6 is 0 Å². The van der Waals surface area contributed by atoms with Crippen molar-refractivity contribution in [2.45, 2.75) is 12.5 Å². The molecule has 1 aliphatic heterocycles. The minimum Gasteiger partial charge on any atom is -0.493 e. The highest BCUT2D eigenvalue weighted by atomic mass is 16.5. The second-order valence-electron chi connectivity index (χ2n) is 8.64. The highest BCUT2D eigenvalue weighted by molar-refractivity contribution is 6.23. The van der Waals surface area contributed by atoms with E-state index < -0.39 is 23.8 Å². The molecule has 1 saturated heterocycles. The van der Waals surface area contributed by atoms with Gasteiger partial charge in [-0.1, -0.05) is 18.2 Å². The van der Waals surface area contributed by atoms with E-state index >= 15 is 0 Å². The normalized spacial score (nSPS) is 15.1. The van der Waals surface area contributed by atoms with Gasteiger partial charge in [-0.15, -0.1) is 6.58 Å². The topological polar surface area (TPSA) is 102 Å². The Morgan fingerprint density at radius 2 is 1.82 bits per heavy atom. The Morgan fingerprint density at radius 3 is 2.50 bits per heavy atom. The Hall–Kier alpha value is -4.92. The first-order valence-corrected chi connectivity index (χ1v) is 11.9. The van der Waals surface area contributed by atoms with Crippen molar-refractivity contribution in [2.24, 2.45) is 0 Å². The van der Waals surface area contributed by atoms with Crippen LogP contribution in [0.1, 0.15) is 16.8 Å². The molecule has 1 aromatic heterocycles. The number of para-hydroxylation sites is 2. The lowest BCUT2D eigenvalue weighted by Gasteiger charge is -2.27. The second kappa shape index (κ2) is 10.2. The summed E-state index contributed by atoms with van der Waals surface area (Å²) in [4.78, 5) is 46.8. The molecule has 0 spiro atoms. The minimum absolute atomic E-state index is 0.0847. The van der Waals surface area contributed by atoms with Crippen molar-refractivity contribution in [3.63, 3.8) is 0 Å². The zero-order valence-electron chi connectivity index (χ0n) is 20.9. The lowest BCUT2D eigenvalue weighted by molar-refractivity contribution is -0.122. The molecule has 38 heavy (non-hydrogen) atoms. The molecule has 4 aromatic rings. The van der Waals surface area contributed by atoms with Gasteiger partial charge < -0.3 is 18.8 Å². The van der Waals surface area contributed by atoms with Gasteiger partial charge in [-0.05, 0) is 54.6 Å². The summed E-state index contributed by atoms with van der Waals surface area (Å²) in [6.45, 7) is 3.81. The van der Waals surface area contributed by atoms with Gasteiger partial charge in [0.05, 0.1) is 26.3 Å². The third-order valence-electron chi connectivity index (χ3n) is 6.38. The molecule has 3 aromatic carbocycles. The van der Waals surface area contributed by atoms with Crippen molar-refractivity contribution in [3.05, 3.63) is 84.9 Å². The summed E-state index contributed by atoms with van der Waals surface area (Å²) in [5.41, 5.74) is 2.81. The fraction of sp³-hybridized carbons (Fsp3) is 0.172. The van der Waals surface area contributed by atoms with Gasteiger partial charge in [-0.25, -0.2) is 9.88 Å². The molecule has 0 N–H and O–H groups in total. The monoisotopic (exact) mass is 511 g/mol. The highest BCUT2D eigenvalue weighted by Crippen LogP contribution is 2.32. The number of fused-ring (bicyclic) bond motifs is 1. The highest BCUT2D eigenvalue weighted by Gasteiger charge is 2.44. The molecule has 1 aliphatic rings. The van der Waals surface area contributed by atoms with E-state index in [2.05, 4.69) is 11.6 Å². The van der Waals surface area contributed by atoms with E-state index in [0.29, 0.717) is 39.8 Å². The van der Waals surface area contributed by atoms with Crippen LogP contribution in [-0.4, -0.2) is 54.4 Å². The molecule has 0 saturated carbocycles. The second-order valence-corrected chi connectivity index (χ2v) is 8.64. The average Bonchev–Trinajstić information content (AvgIpc) is 3.51. The number of oxazole rings is 1. The first-order chi connectivity index (χ1) is 18.4. The summed E-state index contributed by atoms with van der Waals surface area (Å²) in [5.74, 6) is -0.0214. The smallest absolute Gasteiger partial charge is 0.257 e.